The van der Waals surface area contributed by atoms with Crippen molar-refractivity contribution in [2.75, 3.05) is 13.2 Å². The van der Waals surface area contributed by atoms with Crippen LogP contribution >= 0.6 is 0 Å². The fourth-order valence-electron chi connectivity index (χ4n) is 3.12. The summed E-state index contributed by atoms with van der Waals surface area (Å²) in [4.78, 5) is 48.3. The van der Waals surface area contributed by atoms with E-state index in [0.29, 0.717) is 19.4 Å². The zero-order valence-electron chi connectivity index (χ0n) is 16.1. The van der Waals surface area contributed by atoms with Gasteiger partial charge in [0.05, 0.1) is 4.92 Å². The second-order valence-electron chi connectivity index (χ2n) is 6.73. The first-order valence-electron chi connectivity index (χ1n) is 9.37. The number of amides is 1. The maximum absolute atomic E-state index is 12.4. The van der Waals surface area contributed by atoms with E-state index in [1.807, 2.05) is 30.3 Å². The predicted octanol–water partition coefficient (Wildman–Crippen LogP) is 3.12. The number of likely N-dealkylation sites (tertiary alicyclic amines) is 1. The normalized spacial score (nSPS) is 15.5. The summed E-state index contributed by atoms with van der Waals surface area (Å²) in [6.07, 6.45) is 0.432. The fraction of sp³-hybridized carbons (Fsp3) is 0.286. The minimum absolute atomic E-state index is 0.0938. The third kappa shape index (κ3) is 5.19. The number of Topliss-reactive ketones (excluding diaryl/α,β-unsaturated/α-hetero) is 1. The molecular formula is C21H20N2O7. The highest BCUT2D eigenvalue weighted by Gasteiger charge is 2.36. The van der Waals surface area contributed by atoms with Gasteiger partial charge in [-0.05, 0) is 30.5 Å². The molecule has 0 radical (unpaired) electrons. The number of benzene rings is 2. The number of ketones is 1. The van der Waals surface area contributed by atoms with Gasteiger partial charge in [0.15, 0.2) is 12.4 Å². The van der Waals surface area contributed by atoms with Crippen LogP contribution in [0.4, 0.5) is 10.5 Å². The highest BCUT2D eigenvalue weighted by atomic mass is 16.6. The van der Waals surface area contributed by atoms with Gasteiger partial charge in [0.2, 0.25) is 0 Å². The summed E-state index contributed by atoms with van der Waals surface area (Å²) in [7, 11) is 0. The quantitative estimate of drug-likeness (QED) is 0.297. The second-order valence-corrected chi connectivity index (χ2v) is 6.73. The molecule has 3 rings (SSSR count). The third-order valence-corrected chi connectivity index (χ3v) is 4.71. The van der Waals surface area contributed by atoms with Crippen LogP contribution in [-0.4, -0.2) is 46.9 Å². The molecule has 0 N–H and O–H groups in total. The molecule has 1 amide bonds. The maximum atomic E-state index is 12.4. The molecule has 0 saturated carbocycles. The Hall–Kier alpha value is -3.75. The van der Waals surface area contributed by atoms with Gasteiger partial charge in [-0.1, -0.05) is 30.3 Å². The highest BCUT2D eigenvalue weighted by molar-refractivity contribution is 5.98. The standard InChI is InChI=1S/C21H20N2O7/c24-19(16-8-10-17(11-9-16)23(27)28)14-29-20(25)18-7-4-12-22(18)21(26)30-13-15-5-2-1-3-6-15/h1-3,5-6,8-11,18H,4,7,12-14H2/t18-/m0/s1. The van der Waals surface area contributed by atoms with E-state index in [1.54, 1.807) is 0 Å². The van der Waals surface area contributed by atoms with Gasteiger partial charge in [0.25, 0.3) is 5.69 Å². The molecule has 1 aliphatic heterocycles. The van der Waals surface area contributed by atoms with Crippen LogP contribution in [0.5, 0.6) is 0 Å². The van der Waals surface area contributed by atoms with Crippen molar-refractivity contribution in [3.8, 4) is 0 Å². The summed E-state index contributed by atoms with van der Waals surface area (Å²) in [5.74, 6) is -1.17. The van der Waals surface area contributed by atoms with Gasteiger partial charge in [0, 0.05) is 24.2 Å². The van der Waals surface area contributed by atoms with E-state index in [-0.39, 0.29) is 17.9 Å². The van der Waals surface area contributed by atoms with Crippen molar-refractivity contribution >= 4 is 23.5 Å². The van der Waals surface area contributed by atoms with Gasteiger partial charge in [-0.15, -0.1) is 0 Å². The minimum atomic E-state index is -0.807. The van der Waals surface area contributed by atoms with Crippen molar-refractivity contribution < 1.29 is 28.8 Å². The summed E-state index contributed by atoms with van der Waals surface area (Å²) in [5.41, 5.74) is 0.885. The Labute approximate surface area is 172 Å². The lowest BCUT2D eigenvalue weighted by Gasteiger charge is -2.22. The number of rotatable bonds is 7. The SMILES string of the molecule is O=C(COC(=O)[C@@H]1CCCN1C(=O)OCc1ccccc1)c1ccc([N+](=O)[O-])cc1. The molecule has 0 unspecified atom stereocenters. The number of hydrogen-bond acceptors (Lipinski definition) is 7. The molecule has 9 nitrogen and oxygen atoms in total. The highest BCUT2D eigenvalue weighted by Crippen LogP contribution is 2.20. The smallest absolute Gasteiger partial charge is 0.410 e. The average Bonchev–Trinajstić information content (AvgIpc) is 3.26. The Morgan fingerprint density at radius 2 is 1.73 bits per heavy atom. The van der Waals surface area contributed by atoms with Crippen LogP contribution in [0.3, 0.4) is 0 Å². The lowest BCUT2D eigenvalue weighted by Crippen LogP contribution is -2.42. The van der Waals surface area contributed by atoms with Crippen molar-refractivity contribution in [3.63, 3.8) is 0 Å². The molecule has 0 bridgehead atoms. The first kappa shape index (κ1) is 21.0. The van der Waals surface area contributed by atoms with E-state index in [0.717, 1.165) is 5.56 Å². The van der Waals surface area contributed by atoms with Crippen LogP contribution < -0.4 is 0 Å². The van der Waals surface area contributed by atoms with Crippen molar-refractivity contribution in [1.82, 2.24) is 4.90 Å². The molecule has 2 aromatic carbocycles. The van der Waals surface area contributed by atoms with Crippen LogP contribution in [0.2, 0.25) is 0 Å². The Kier molecular flexibility index (Phi) is 6.74. The summed E-state index contributed by atoms with van der Waals surface area (Å²) < 4.78 is 10.4. The Bertz CT molecular complexity index is 928. The maximum Gasteiger partial charge on any atom is 0.410 e. The van der Waals surface area contributed by atoms with Gasteiger partial charge in [-0.25, -0.2) is 9.59 Å². The van der Waals surface area contributed by atoms with E-state index in [2.05, 4.69) is 0 Å². The van der Waals surface area contributed by atoms with E-state index in [1.165, 1.54) is 29.2 Å². The van der Waals surface area contributed by atoms with E-state index < -0.39 is 35.4 Å². The van der Waals surface area contributed by atoms with Crippen LogP contribution in [0, 0.1) is 10.1 Å². The molecule has 1 heterocycles. The summed E-state index contributed by atoms with van der Waals surface area (Å²) in [6, 6.07) is 13.4. The minimum Gasteiger partial charge on any atom is -0.456 e. The molecule has 2 aromatic rings. The Morgan fingerprint density at radius 3 is 2.40 bits per heavy atom. The van der Waals surface area contributed by atoms with Crippen LogP contribution in [0.15, 0.2) is 54.6 Å². The molecule has 0 aromatic heterocycles. The number of nitro benzene ring substituents is 1. The molecule has 1 saturated heterocycles. The first-order valence-corrected chi connectivity index (χ1v) is 9.37. The predicted molar refractivity (Wildman–Crippen MR) is 105 cm³/mol. The van der Waals surface area contributed by atoms with Gasteiger partial charge >= 0.3 is 12.1 Å². The van der Waals surface area contributed by atoms with Gasteiger partial charge in [-0.2, -0.15) is 0 Å². The number of hydrogen-bond donors (Lipinski definition) is 0. The molecule has 156 valence electrons. The number of non-ortho nitro benzene ring substituents is 1. The van der Waals surface area contributed by atoms with Gasteiger partial charge < -0.3 is 9.47 Å². The summed E-state index contributed by atoms with van der Waals surface area (Å²) in [6.45, 7) is -0.0553. The van der Waals surface area contributed by atoms with Crippen molar-refractivity contribution in [2.24, 2.45) is 0 Å². The van der Waals surface area contributed by atoms with Crippen molar-refractivity contribution in [1.29, 1.82) is 0 Å². The topological polar surface area (TPSA) is 116 Å². The van der Waals surface area contributed by atoms with Crippen molar-refractivity contribution in [2.45, 2.75) is 25.5 Å². The molecule has 1 fully saturated rings. The molecule has 1 aliphatic rings. The zero-order valence-corrected chi connectivity index (χ0v) is 16.1. The number of ether oxygens (including phenoxy) is 2. The van der Waals surface area contributed by atoms with Crippen molar-refractivity contribution in [3.05, 3.63) is 75.8 Å². The number of nitrogens with zero attached hydrogens (tertiary/aromatic N) is 2. The first-order chi connectivity index (χ1) is 14.5. The van der Waals surface area contributed by atoms with Gasteiger partial charge in [0.1, 0.15) is 12.6 Å². The molecule has 9 heteroatoms. The van der Waals surface area contributed by atoms with Gasteiger partial charge in [-0.3, -0.25) is 19.8 Å². The fourth-order valence-corrected chi connectivity index (χ4v) is 3.12. The number of carbonyl (C=O) groups excluding carboxylic acids is 3. The van der Waals surface area contributed by atoms with Crippen LogP contribution in [0.25, 0.3) is 0 Å². The molecule has 1 atom stereocenters. The Balaban J connectivity index is 1.51. The largest absolute Gasteiger partial charge is 0.456 e. The monoisotopic (exact) mass is 412 g/mol. The Morgan fingerprint density at radius 1 is 1.03 bits per heavy atom. The van der Waals surface area contributed by atoms with Crippen LogP contribution in [-0.2, 0) is 20.9 Å². The summed E-state index contributed by atoms with van der Waals surface area (Å²) in [5, 5.41) is 10.7. The molecular weight excluding hydrogens is 392 g/mol. The van der Waals surface area contributed by atoms with E-state index in [9.17, 15) is 24.5 Å². The third-order valence-electron chi connectivity index (χ3n) is 4.71. The zero-order chi connectivity index (χ0) is 21.5. The average molecular weight is 412 g/mol. The number of nitro groups is 1. The second kappa shape index (κ2) is 9.64. The summed E-state index contributed by atoms with van der Waals surface area (Å²) >= 11 is 0. The number of carbonyl (C=O) groups is 3. The molecule has 0 spiro atoms. The van der Waals surface area contributed by atoms with E-state index in [4.69, 9.17) is 9.47 Å². The molecule has 30 heavy (non-hydrogen) atoms. The van der Waals surface area contributed by atoms with Crippen LogP contribution in [0.1, 0.15) is 28.8 Å². The number of esters is 1. The van der Waals surface area contributed by atoms with E-state index >= 15 is 0 Å². The lowest BCUT2D eigenvalue weighted by molar-refractivity contribution is -0.384. The molecule has 0 aliphatic carbocycles. The lowest BCUT2D eigenvalue weighted by atomic mass is 10.1.